The summed E-state index contributed by atoms with van der Waals surface area (Å²) < 4.78 is 0. The molecule has 0 fully saturated rings. The van der Waals surface area contributed by atoms with Crippen molar-refractivity contribution in [1.82, 2.24) is 0 Å². The highest BCUT2D eigenvalue weighted by Crippen LogP contribution is 2.57. The Hall–Kier alpha value is -7.74. The maximum atomic E-state index is 2.48. The van der Waals surface area contributed by atoms with Crippen LogP contribution in [0.4, 0.5) is 17.1 Å². The third-order valence-electron chi connectivity index (χ3n) is 14.5. The number of fused-ring (bicyclic) bond motifs is 13. The van der Waals surface area contributed by atoms with Crippen molar-refractivity contribution in [3.8, 4) is 22.3 Å². The van der Waals surface area contributed by atoms with Crippen molar-refractivity contribution in [3.05, 3.63) is 258 Å². The molecule has 11 aromatic carbocycles. The average Bonchev–Trinajstić information content (AvgIpc) is 3.77. The molecule has 0 heterocycles. The summed E-state index contributed by atoms with van der Waals surface area (Å²) in [5, 5.41) is 10.1. The van der Waals surface area contributed by atoms with Gasteiger partial charge in [-0.25, -0.2) is 0 Å². The molecule has 296 valence electrons. The van der Waals surface area contributed by atoms with Crippen molar-refractivity contribution in [2.45, 2.75) is 24.7 Å². The molecule has 11 aromatic rings. The number of hydrogen-bond donors (Lipinski definition) is 0. The first-order valence-corrected chi connectivity index (χ1v) is 22.2. The van der Waals surface area contributed by atoms with E-state index in [1.807, 2.05) is 0 Å². The van der Waals surface area contributed by atoms with E-state index in [1.165, 1.54) is 98.7 Å². The molecule has 0 bridgehead atoms. The molecule has 0 aromatic heterocycles. The Kier molecular flexibility index (Phi) is 7.64. The van der Waals surface area contributed by atoms with E-state index in [0.29, 0.717) is 0 Å². The number of benzene rings is 11. The zero-order valence-corrected chi connectivity index (χ0v) is 35.3. The van der Waals surface area contributed by atoms with Gasteiger partial charge in [0.1, 0.15) is 0 Å². The highest BCUT2D eigenvalue weighted by molar-refractivity contribution is 6.27. The van der Waals surface area contributed by atoms with Crippen molar-refractivity contribution in [2.75, 3.05) is 4.90 Å². The van der Waals surface area contributed by atoms with Crippen molar-refractivity contribution in [2.24, 2.45) is 0 Å². The molecule has 2 aliphatic rings. The molecule has 63 heavy (non-hydrogen) atoms. The summed E-state index contributed by atoms with van der Waals surface area (Å²) in [5.41, 5.74) is 15.9. The van der Waals surface area contributed by atoms with Gasteiger partial charge in [-0.2, -0.15) is 0 Å². The lowest BCUT2D eigenvalue weighted by Crippen LogP contribution is -2.28. The Labute approximate surface area is 368 Å². The van der Waals surface area contributed by atoms with Gasteiger partial charge < -0.3 is 4.90 Å². The summed E-state index contributed by atoms with van der Waals surface area (Å²) in [5.74, 6) is 0. The topological polar surface area (TPSA) is 3.24 Å². The summed E-state index contributed by atoms with van der Waals surface area (Å²) >= 11 is 0. The molecule has 0 saturated carbocycles. The number of anilines is 3. The van der Waals surface area contributed by atoms with Crippen LogP contribution in [0.1, 0.15) is 47.2 Å². The van der Waals surface area contributed by atoms with Gasteiger partial charge in [-0.1, -0.05) is 202 Å². The first-order chi connectivity index (χ1) is 31.0. The molecule has 0 spiro atoms. The van der Waals surface area contributed by atoms with E-state index in [2.05, 4.69) is 243 Å². The molecule has 0 radical (unpaired) electrons. The van der Waals surface area contributed by atoms with Crippen molar-refractivity contribution < 1.29 is 0 Å². The second-order valence-corrected chi connectivity index (χ2v) is 18.0. The van der Waals surface area contributed by atoms with E-state index in [1.54, 1.807) is 0 Å². The first kappa shape index (κ1) is 36.0. The van der Waals surface area contributed by atoms with Gasteiger partial charge in [0.05, 0.1) is 5.41 Å². The van der Waals surface area contributed by atoms with Crippen LogP contribution in [0.5, 0.6) is 0 Å². The second-order valence-electron chi connectivity index (χ2n) is 18.0. The maximum absolute atomic E-state index is 2.48. The van der Waals surface area contributed by atoms with E-state index < -0.39 is 5.41 Å². The number of rotatable bonds is 5. The highest BCUT2D eigenvalue weighted by atomic mass is 15.1. The Balaban J connectivity index is 1.05. The van der Waals surface area contributed by atoms with E-state index in [4.69, 9.17) is 0 Å². The van der Waals surface area contributed by atoms with Crippen LogP contribution >= 0.6 is 0 Å². The van der Waals surface area contributed by atoms with Crippen LogP contribution in [0, 0.1) is 0 Å². The van der Waals surface area contributed by atoms with Crippen LogP contribution in [0.15, 0.2) is 224 Å². The monoisotopic (exact) mass is 801 g/mol. The third kappa shape index (κ3) is 5.05. The van der Waals surface area contributed by atoms with Crippen LogP contribution in [-0.2, 0) is 10.8 Å². The van der Waals surface area contributed by atoms with Crippen LogP contribution in [0.3, 0.4) is 0 Å². The van der Waals surface area contributed by atoms with Crippen molar-refractivity contribution in [3.63, 3.8) is 0 Å². The third-order valence-corrected chi connectivity index (χ3v) is 14.5. The van der Waals surface area contributed by atoms with Crippen LogP contribution in [0.2, 0.25) is 0 Å². The molecule has 2 aliphatic carbocycles. The Morgan fingerprint density at radius 1 is 0.302 bits per heavy atom. The Morgan fingerprint density at radius 3 is 1.43 bits per heavy atom. The van der Waals surface area contributed by atoms with Gasteiger partial charge in [0.25, 0.3) is 0 Å². The molecule has 0 aliphatic heterocycles. The molecule has 1 nitrogen and oxygen atoms in total. The van der Waals surface area contributed by atoms with E-state index >= 15 is 0 Å². The lowest BCUT2D eigenvalue weighted by molar-refractivity contribution is 0.660. The largest absolute Gasteiger partial charge is 0.310 e. The SMILES string of the molecule is CC1(C)c2ccccc2-c2ccc(N(c3ccc(C4(c5ccccc5)c5ccccc5-c5ccccc54)cc3)c3ccc4ccc5ccc6ccc7ccccc7c6c5c4c3)cc21. The smallest absolute Gasteiger partial charge is 0.0713 e. The minimum atomic E-state index is -0.465. The van der Waals surface area contributed by atoms with E-state index in [0.717, 1.165) is 17.1 Å². The van der Waals surface area contributed by atoms with E-state index in [9.17, 15) is 0 Å². The molecule has 0 atom stereocenters. The Morgan fingerprint density at radius 2 is 0.746 bits per heavy atom. The molecule has 13 rings (SSSR count). The zero-order chi connectivity index (χ0) is 41.9. The Bertz CT molecular complexity index is 3590. The highest BCUT2D eigenvalue weighted by Gasteiger charge is 2.46. The fourth-order valence-corrected chi connectivity index (χ4v) is 11.6. The first-order valence-electron chi connectivity index (χ1n) is 22.2. The van der Waals surface area contributed by atoms with Gasteiger partial charge in [-0.3, -0.25) is 0 Å². The molecular weight excluding hydrogens is 759 g/mol. The van der Waals surface area contributed by atoms with Gasteiger partial charge in [-0.05, 0) is 135 Å². The molecule has 0 saturated heterocycles. The van der Waals surface area contributed by atoms with Gasteiger partial charge in [0.2, 0.25) is 0 Å². The predicted octanol–water partition coefficient (Wildman–Crippen LogP) is 16.4. The van der Waals surface area contributed by atoms with E-state index in [-0.39, 0.29) is 5.41 Å². The quantitative estimate of drug-likeness (QED) is 0.157. The number of nitrogens with zero attached hydrogens (tertiary/aromatic N) is 1. The van der Waals surface area contributed by atoms with Crippen molar-refractivity contribution in [1.29, 1.82) is 0 Å². The van der Waals surface area contributed by atoms with Crippen LogP contribution in [-0.4, -0.2) is 0 Å². The van der Waals surface area contributed by atoms with Crippen molar-refractivity contribution >= 4 is 60.2 Å². The fourth-order valence-electron chi connectivity index (χ4n) is 11.6. The fraction of sp³-hybridized carbons (Fsp3) is 0.0645. The average molecular weight is 802 g/mol. The normalized spacial score (nSPS) is 14.1. The zero-order valence-electron chi connectivity index (χ0n) is 35.3. The van der Waals surface area contributed by atoms with Gasteiger partial charge in [0.15, 0.2) is 0 Å². The molecule has 0 unspecified atom stereocenters. The maximum Gasteiger partial charge on any atom is 0.0713 e. The molecule has 0 amide bonds. The van der Waals surface area contributed by atoms with Crippen LogP contribution in [0.25, 0.3) is 65.3 Å². The minimum Gasteiger partial charge on any atom is -0.310 e. The molecule has 1 heteroatoms. The lowest BCUT2D eigenvalue weighted by atomic mass is 9.68. The second kappa shape index (κ2) is 13.4. The minimum absolute atomic E-state index is 0.137. The van der Waals surface area contributed by atoms with Gasteiger partial charge in [-0.15, -0.1) is 0 Å². The number of hydrogen-bond acceptors (Lipinski definition) is 1. The summed E-state index contributed by atoms with van der Waals surface area (Å²) in [4.78, 5) is 2.48. The summed E-state index contributed by atoms with van der Waals surface area (Å²) in [6.07, 6.45) is 0. The molecule has 0 N–H and O–H groups in total. The summed E-state index contributed by atoms with van der Waals surface area (Å²) in [6, 6.07) is 84.2. The standard InChI is InChI=1S/C62H43N/c1-61(2)55-21-11-8-18-50(55)53-37-36-48(39-58(53)61)63(47-33-30-41-25-27-43-29-28-42-26-24-40-14-6-7-17-49(40)59(42)60(43)54(41)38-47)46-34-31-45(32-35-46)62(44-15-4-3-5-16-44)56-22-12-9-19-51(56)52-20-10-13-23-57(52)62/h3-39H,1-2H3. The summed E-state index contributed by atoms with van der Waals surface area (Å²) in [7, 11) is 0. The lowest BCUT2D eigenvalue weighted by Gasteiger charge is -2.34. The van der Waals surface area contributed by atoms with Gasteiger partial charge >= 0.3 is 0 Å². The predicted molar refractivity (Wildman–Crippen MR) is 266 cm³/mol. The van der Waals surface area contributed by atoms with Gasteiger partial charge in [0, 0.05) is 22.5 Å². The van der Waals surface area contributed by atoms with Crippen LogP contribution < -0.4 is 4.90 Å². The summed E-state index contributed by atoms with van der Waals surface area (Å²) in [6.45, 7) is 4.75. The molecular formula is C62H43N.